The number of hydrogen-bond donors (Lipinski definition) is 0. The van der Waals surface area contributed by atoms with Crippen molar-refractivity contribution in [3.63, 3.8) is 0 Å². The standard InChI is InChI=1S/C25H34N2O3/c1-18-9-8-16-26(17-18)23-22(19-12-14-21(30-2)15-13-19)24(28)27(25(23)29)20-10-6-4-3-5-7-11-20/h12-15,18,20H,3-11,16-17H2,1-2H3. The molecule has 4 rings (SSSR count). The summed E-state index contributed by atoms with van der Waals surface area (Å²) < 4.78 is 5.29. The lowest BCUT2D eigenvalue weighted by atomic mass is 9.95. The lowest BCUT2D eigenvalue weighted by molar-refractivity contribution is -0.140. The van der Waals surface area contributed by atoms with Crippen LogP contribution in [0.4, 0.5) is 0 Å². The minimum Gasteiger partial charge on any atom is -0.497 e. The fourth-order valence-corrected chi connectivity index (χ4v) is 5.26. The van der Waals surface area contributed by atoms with Crippen molar-refractivity contribution in [2.24, 2.45) is 5.92 Å². The number of nitrogens with zero attached hydrogens (tertiary/aromatic N) is 2. The third-order valence-electron chi connectivity index (χ3n) is 6.88. The molecular formula is C25H34N2O3. The van der Waals surface area contributed by atoms with Crippen LogP contribution in [0.25, 0.3) is 5.57 Å². The van der Waals surface area contributed by atoms with Gasteiger partial charge < -0.3 is 9.64 Å². The van der Waals surface area contributed by atoms with Crippen LogP contribution in [-0.4, -0.2) is 47.9 Å². The average molecular weight is 411 g/mol. The van der Waals surface area contributed by atoms with Crippen molar-refractivity contribution >= 4 is 17.4 Å². The molecule has 2 heterocycles. The van der Waals surface area contributed by atoms with Crippen LogP contribution < -0.4 is 4.74 Å². The van der Waals surface area contributed by atoms with Gasteiger partial charge in [0.15, 0.2) is 0 Å². The van der Waals surface area contributed by atoms with Crippen molar-refractivity contribution in [3.8, 4) is 5.75 Å². The zero-order chi connectivity index (χ0) is 21.1. The van der Waals surface area contributed by atoms with Gasteiger partial charge in [0.25, 0.3) is 11.8 Å². The number of hydrogen-bond acceptors (Lipinski definition) is 4. The summed E-state index contributed by atoms with van der Waals surface area (Å²) in [6.45, 7) is 3.91. The van der Waals surface area contributed by atoms with E-state index in [0.717, 1.165) is 56.5 Å². The summed E-state index contributed by atoms with van der Waals surface area (Å²) in [4.78, 5) is 31.2. The van der Waals surface area contributed by atoms with E-state index in [1.54, 1.807) is 12.0 Å². The lowest BCUT2D eigenvalue weighted by Crippen LogP contribution is -2.44. The third kappa shape index (κ3) is 4.12. The quantitative estimate of drug-likeness (QED) is 0.680. The summed E-state index contributed by atoms with van der Waals surface area (Å²) in [5.74, 6) is 1.09. The fourth-order valence-electron chi connectivity index (χ4n) is 5.26. The highest BCUT2D eigenvalue weighted by Crippen LogP contribution is 2.37. The van der Waals surface area contributed by atoms with Gasteiger partial charge in [-0.1, -0.05) is 51.2 Å². The number of amides is 2. The van der Waals surface area contributed by atoms with E-state index in [9.17, 15) is 9.59 Å². The molecule has 0 N–H and O–H groups in total. The van der Waals surface area contributed by atoms with Gasteiger partial charge >= 0.3 is 0 Å². The number of piperidine rings is 1. The summed E-state index contributed by atoms with van der Waals surface area (Å²) in [5.41, 5.74) is 2.02. The number of ether oxygens (including phenoxy) is 1. The molecule has 1 unspecified atom stereocenters. The summed E-state index contributed by atoms with van der Waals surface area (Å²) >= 11 is 0. The molecule has 0 spiro atoms. The number of rotatable bonds is 4. The first-order valence-electron chi connectivity index (χ1n) is 11.6. The SMILES string of the molecule is COc1ccc(C2=C(N3CCCC(C)C3)C(=O)N(C3CCCCCCC3)C2=O)cc1. The number of carbonyl (C=O) groups is 2. The van der Waals surface area contributed by atoms with E-state index < -0.39 is 0 Å². The Morgan fingerprint density at radius 3 is 2.17 bits per heavy atom. The molecule has 0 radical (unpaired) electrons. The molecule has 30 heavy (non-hydrogen) atoms. The van der Waals surface area contributed by atoms with E-state index in [4.69, 9.17) is 4.74 Å². The molecule has 2 fully saturated rings. The van der Waals surface area contributed by atoms with E-state index in [1.165, 1.54) is 25.7 Å². The van der Waals surface area contributed by atoms with Crippen molar-refractivity contribution in [2.45, 2.75) is 70.8 Å². The Morgan fingerprint density at radius 2 is 1.53 bits per heavy atom. The molecule has 2 amide bonds. The third-order valence-corrected chi connectivity index (χ3v) is 6.88. The van der Waals surface area contributed by atoms with E-state index in [1.807, 2.05) is 24.3 Å². The zero-order valence-corrected chi connectivity index (χ0v) is 18.4. The molecule has 3 aliphatic rings. The van der Waals surface area contributed by atoms with Gasteiger partial charge in [0.05, 0.1) is 12.7 Å². The average Bonchev–Trinajstić information content (AvgIpc) is 2.98. The van der Waals surface area contributed by atoms with Crippen LogP contribution in [0.2, 0.25) is 0 Å². The van der Waals surface area contributed by atoms with Gasteiger partial charge in [-0.3, -0.25) is 14.5 Å². The number of likely N-dealkylation sites (tertiary alicyclic amines) is 1. The van der Waals surface area contributed by atoms with E-state index in [2.05, 4.69) is 11.8 Å². The molecule has 0 bridgehead atoms. The summed E-state index contributed by atoms with van der Waals surface area (Å²) in [6.07, 6.45) is 9.94. The zero-order valence-electron chi connectivity index (χ0n) is 18.4. The van der Waals surface area contributed by atoms with Crippen molar-refractivity contribution in [1.29, 1.82) is 0 Å². The van der Waals surface area contributed by atoms with Gasteiger partial charge in [0.2, 0.25) is 0 Å². The molecule has 1 atom stereocenters. The Bertz CT molecular complexity index is 806. The van der Waals surface area contributed by atoms with E-state index in [0.29, 0.717) is 17.2 Å². The van der Waals surface area contributed by atoms with Gasteiger partial charge in [0.1, 0.15) is 11.4 Å². The van der Waals surface area contributed by atoms with E-state index >= 15 is 0 Å². The van der Waals surface area contributed by atoms with Crippen LogP contribution in [0, 0.1) is 5.92 Å². The maximum atomic E-state index is 13.7. The molecule has 5 heteroatoms. The van der Waals surface area contributed by atoms with Gasteiger partial charge in [-0.05, 0) is 49.3 Å². The van der Waals surface area contributed by atoms with Crippen LogP contribution >= 0.6 is 0 Å². The van der Waals surface area contributed by atoms with Gasteiger partial charge in [-0.25, -0.2) is 0 Å². The second-order valence-corrected chi connectivity index (χ2v) is 9.12. The maximum Gasteiger partial charge on any atom is 0.278 e. The van der Waals surface area contributed by atoms with Crippen molar-refractivity contribution < 1.29 is 14.3 Å². The first-order chi connectivity index (χ1) is 14.6. The highest BCUT2D eigenvalue weighted by atomic mass is 16.5. The molecule has 5 nitrogen and oxygen atoms in total. The van der Waals surface area contributed by atoms with Crippen molar-refractivity contribution in [1.82, 2.24) is 9.80 Å². The largest absolute Gasteiger partial charge is 0.497 e. The number of carbonyl (C=O) groups excluding carboxylic acids is 2. The Morgan fingerprint density at radius 1 is 0.867 bits per heavy atom. The van der Waals surface area contributed by atoms with Crippen molar-refractivity contribution in [3.05, 3.63) is 35.5 Å². The monoisotopic (exact) mass is 410 g/mol. The summed E-state index contributed by atoms with van der Waals surface area (Å²) in [7, 11) is 1.63. The smallest absolute Gasteiger partial charge is 0.278 e. The van der Waals surface area contributed by atoms with Crippen LogP contribution in [0.5, 0.6) is 5.75 Å². The van der Waals surface area contributed by atoms with Gasteiger partial charge in [0, 0.05) is 19.1 Å². The molecular weight excluding hydrogens is 376 g/mol. The normalized spacial score (nSPS) is 24.3. The molecule has 2 aliphatic heterocycles. The van der Waals surface area contributed by atoms with Crippen LogP contribution in [0.3, 0.4) is 0 Å². The summed E-state index contributed by atoms with van der Waals surface area (Å²) in [6, 6.07) is 7.59. The number of methoxy groups -OCH3 is 1. The van der Waals surface area contributed by atoms with Crippen LogP contribution in [-0.2, 0) is 9.59 Å². The second kappa shape index (κ2) is 9.23. The van der Waals surface area contributed by atoms with Crippen LogP contribution in [0.15, 0.2) is 30.0 Å². The number of imide groups is 1. The van der Waals surface area contributed by atoms with E-state index in [-0.39, 0.29) is 17.9 Å². The Kier molecular flexibility index (Phi) is 6.45. The Balaban J connectivity index is 1.71. The Labute approximate surface area is 180 Å². The topological polar surface area (TPSA) is 49.9 Å². The fraction of sp³-hybridized carbons (Fsp3) is 0.600. The predicted molar refractivity (Wildman–Crippen MR) is 118 cm³/mol. The second-order valence-electron chi connectivity index (χ2n) is 9.12. The molecule has 1 saturated heterocycles. The minimum absolute atomic E-state index is 0.0262. The molecule has 1 aliphatic carbocycles. The summed E-state index contributed by atoms with van der Waals surface area (Å²) in [5, 5.41) is 0. The molecule has 0 aromatic heterocycles. The molecule has 1 saturated carbocycles. The highest BCUT2D eigenvalue weighted by molar-refractivity contribution is 6.35. The van der Waals surface area contributed by atoms with Crippen LogP contribution in [0.1, 0.15) is 70.3 Å². The highest BCUT2D eigenvalue weighted by Gasteiger charge is 2.45. The predicted octanol–water partition coefficient (Wildman–Crippen LogP) is 4.62. The van der Waals surface area contributed by atoms with Gasteiger partial charge in [-0.2, -0.15) is 0 Å². The lowest BCUT2D eigenvalue weighted by Gasteiger charge is -2.34. The molecule has 1 aromatic carbocycles. The van der Waals surface area contributed by atoms with Crippen molar-refractivity contribution in [2.75, 3.05) is 20.2 Å². The molecule has 1 aromatic rings. The first-order valence-corrected chi connectivity index (χ1v) is 11.6. The van der Waals surface area contributed by atoms with Gasteiger partial charge in [-0.15, -0.1) is 0 Å². The number of benzene rings is 1. The maximum absolute atomic E-state index is 13.7. The molecule has 162 valence electrons. The minimum atomic E-state index is -0.107. The Hall–Kier alpha value is -2.30. The first kappa shape index (κ1) is 21.0.